The lowest BCUT2D eigenvalue weighted by atomic mass is 10.1. The van der Waals surface area contributed by atoms with Gasteiger partial charge in [0.25, 0.3) is 0 Å². The molecule has 3 aromatic carbocycles. The maximum atomic E-state index is 13.9. The molecule has 4 rings (SSSR count). The maximum absolute atomic E-state index is 13.9. The van der Waals surface area contributed by atoms with E-state index in [4.69, 9.17) is 14.2 Å². The van der Waals surface area contributed by atoms with E-state index in [1.807, 2.05) is 54.6 Å². The molecule has 0 bridgehead atoms. The van der Waals surface area contributed by atoms with E-state index >= 15 is 0 Å². The molecule has 1 heterocycles. The Labute approximate surface area is 456 Å². The monoisotopic (exact) mass is 1040 g/mol. The minimum Gasteiger partial charge on any atom is -0.494 e. The number of hydrogen-bond donors (Lipinski definition) is 0. The van der Waals surface area contributed by atoms with Gasteiger partial charge in [-0.15, -0.1) is 0 Å². The second kappa shape index (κ2) is 41.6. The molecule has 9 nitrogen and oxygen atoms in total. The van der Waals surface area contributed by atoms with Crippen molar-refractivity contribution in [2.45, 2.75) is 233 Å². The Morgan fingerprint density at radius 3 is 0.707 bits per heavy atom. The third-order valence-corrected chi connectivity index (χ3v) is 15.1. The molecule has 0 unspecified atom stereocenters. The van der Waals surface area contributed by atoms with Crippen LogP contribution in [0.15, 0.2) is 87.2 Å². The second-order valence-electron chi connectivity index (χ2n) is 21.6. The SMILES string of the molecule is CCCCCCCCCCCCOc1ccc(N2CCCN(c3ccc(OCCCCCCCCCCCC)ccc3=O)CCCN(c3ccc(OCCCCCCCCCCCC)ccc3=O)CCC2)c(=O)cc1. The van der Waals surface area contributed by atoms with Crippen LogP contribution in [0.2, 0.25) is 0 Å². The molecule has 0 N–H and O–H groups in total. The van der Waals surface area contributed by atoms with Crippen LogP contribution in [0.3, 0.4) is 0 Å². The molecule has 1 aliphatic heterocycles. The lowest BCUT2D eigenvalue weighted by Crippen LogP contribution is -2.39. The van der Waals surface area contributed by atoms with Gasteiger partial charge in [0.05, 0.1) is 36.9 Å². The van der Waals surface area contributed by atoms with Crippen molar-refractivity contribution in [3.8, 4) is 17.2 Å². The zero-order valence-electron chi connectivity index (χ0n) is 47.9. The Hall–Kier alpha value is -4.53. The molecule has 0 amide bonds. The number of ether oxygens (including phenoxy) is 3. The Morgan fingerprint density at radius 1 is 0.280 bits per heavy atom. The van der Waals surface area contributed by atoms with E-state index in [1.165, 1.54) is 154 Å². The van der Waals surface area contributed by atoms with E-state index in [0.29, 0.717) is 93.4 Å². The van der Waals surface area contributed by atoms with E-state index in [0.717, 1.165) is 57.8 Å². The van der Waals surface area contributed by atoms with Crippen molar-refractivity contribution in [3.63, 3.8) is 0 Å². The summed E-state index contributed by atoms with van der Waals surface area (Å²) in [6, 6.07) is 21.9. The summed E-state index contributed by atoms with van der Waals surface area (Å²) in [5.41, 5.74) is 1.77. The van der Waals surface area contributed by atoms with Crippen molar-refractivity contribution in [1.82, 2.24) is 0 Å². The van der Waals surface area contributed by atoms with Crippen molar-refractivity contribution in [1.29, 1.82) is 0 Å². The van der Waals surface area contributed by atoms with Gasteiger partial charge in [-0.25, -0.2) is 0 Å². The topological polar surface area (TPSA) is 88.6 Å². The first-order valence-electron chi connectivity index (χ1n) is 31.0. The van der Waals surface area contributed by atoms with Crippen LogP contribution in [0.4, 0.5) is 17.1 Å². The molecular weight excluding hydrogens is 931 g/mol. The van der Waals surface area contributed by atoms with Gasteiger partial charge in [0.2, 0.25) is 16.3 Å². The van der Waals surface area contributed by atoms with Gasteiger partial charge in [0.1, 0.15) is 17.2 Å². The fourth-order valence-electron chi connectivity index (χ4n) is 10.5. The number of anilines is 3. The molecule has 0 aliphatic carbocycles. The smallest absolute Gasteiger partial charge is 0.201 e. The van der Waals surface area contributed by atoms with E-state index in [-0.39, 0.29) is 16.3 Å². The lowest BCUT2D eigenvalue weighted by Gasteiger charge is -2.31. The molecule has 1 fully saturated rings. The molecule has 420 valence electrons. The number of rotatable bonds is 39. The number of unbranched alkanes of at least 4 members (excludes halogenated alkanes) is 27. The predicted octanol–water partition coefficient (Wildman–Crippen LogP) is 16.7. The predicted molar refractivity (Wildman–Crippen MR) is 321 cm³/mol. The van der Waals surface area contributed by atoms with Gasteiger partial charge in [0, 0.05) is 39.3 Å². The highest BCUT2D eigenvalue weighted by Crippen LogP contribution is 2.22. The van der Waals surface area contributed by atoms with Crippen molar-refractivity contribution in [3.05, 3.63) is 103 Å². The molecule has 0 atom stereocenters. The Morgan fingerprint density at radius 2 is 0.480 bits per heavy atom. The third-order valence-electron chi connectivity index (χ3n) is 15.1. The molecule has 3 aromatic rings. The molecular formula is C66H105N3O6. The summed E-state index contributed by atoms with van der Waals surface area (Å²) in [5, 5.41) is 0. The van der Waals surface area contributed by atoms with Crippen molar-refractivity contribution in [2.24, 2.45) is 0 Å². The van der Waals surface area contributed by atoms with Gasteiger partial charge in [-0.3, -0.25) is 14.4 Å². The Bertz CT molecular complexity index is 1850. The van der Waals surface area contributed by atoms with Crippen LogP contribution in [-0.4, -0.2) is 59.1 Å². The van der Waals surface area contributed by atoms with Gasteiger partial charge in [-0.05, 0) is 111 Å². The highest BCUT2D eigenvalue weighted by molar-refractivity contribution is 5.50. The quantitative estimate of drug-likeness (QED) is 0.0518. The Balaban J connectivity index is 1.43. The summed E-state index contributed by atoms with van der Waals surface area (Å²) in [6.07, 6.45) is 40.4. The van der Waals surface area contributed by atoms with Crippen LogP contribution in [-0.2, 0) is 0 Å². The minimum absolute atomic E-state index is 0.0471. The normalized spacial score (nSPS) is 13.6. The summed E-state index contributed by atoms with van der Waals surface area (Å²) in [7, 11) is 0. The van der Waals surface area contributed by atoms with E-state index in [2.05, 4.69) is 35.5 Å². The molecule has 9 heteroatoms. The highest BCUT2D eigenvalue weighted by Gasteiger charge is 2.18. The van der Waals surface area contributed by atoms with Crippen LogP contribution in [0.1, 0.15) is 233 Å². The molecule has 0 aromatic heterocycles. The second-order valence-corrected chi connectivity index (χ2v) is 21.6. The maximum Gasteiger partial charge on any atom is 0.201 e. The van der Waals surface area contributed by atoms with Crippen LogP contribution < -0.4 is 45.2 Å². The zero-order chi connectivity index (χ0) is 53.2. The van der Waals surface area contributed by atoms with E-state index in [9.17, 15) is 14.4 Å². The summed E-state index contributed by atoms with van der Waals surface area (Å²) in [4.78, 5) is 48.2. The van der Waals surface area contributed by atoms with Crippen LogP contribution in [0.25, 0.3) is 0 Å². The van der Waals surface area contributed by atoms with Crippen LogP contribution >= 0.6 is 0 Å². The molecule has 0 radical (unpaired) electrons. The first-order valence-corrected chi connectivity index (χ1v) is 31.0. The van der Waals surface area contributed by atoms with Gasteiger partial charge in [0.15, 0.2) is 0 Å². The molecule has 1 aliphatic rings. The molecule has 0 saturated carbocycles. The summed E-state index contributed by atoms with van der Waals surface area (Å²) >= 11 is 0. The van der Waals surface area contributed by atoms with Gasteiger partial charge >= 0.3 is 0 Å². The Kier molecular flexibility index (Phi) is 35.0. The van der Waals surface area contributed by atoms with Crippen molar-refractivity contribution >= 4 is 17.1 Å². The van der Waals surface area contributed by atoms with Gasteiger partial charge < -0.3 is 28.9 Å². The summed E-state index contributed by atoms with van der Waals surface area (Å²) in [6.45, 7) is 12.5. The molecule has 0 spiro atoms. The number of hydrogen-bond acceptors (Lipinski definition) is 9. The van der Waals surface area contributed by atoms with Crippen LogP contribution in [0.5, 0.6) is 17.2 Å². The van der Waals surface area contributed by atoms with Crippen molar-refractivity contribution in [2.75, 3.05) is 73.8 Å². The average Bonchev–Trinajstić information content (AvgIpc) is 3.81. The van der Waals surface area contributed by atoms with E-state index in [1.54, 1.807) is 18.2 Å². The first-order chi connectivity index (χ1) is 36.9. The van der Waals surface area contributed by atoms with Crippen LogP contribution in [0, 0.1) is 0 Å². The fourth-order valence-corrected chi connectivity index (χ4v) is 10.5. The van der Waals surface area contributed by atoms with Gasteiger partial charge in [-0.1, -0.05) is 194 Å². The third kappa shape index (κ3) is 27.9. The standard InChI is InChI=1S/C66H105N3O6/c1-4-7-10-13-16-19-22-25-28-31-55-73-58-37-43-61(64(70)46-40-58)67-49-34-51-68(62-44-38-59(41-47-65(62)71)74-56-32-29-26-23-20-17-14-11-8-5-2)53-36-54-69(52-35-50-67)63-45-39-60(42-48-66(63)72)75-57-33-30-27-24-21-18-15-12-9-6-3/h37-48H,4-36,49-57H2,1-3H3. The fraction of sp³-hybridized carbons (Fsp3) is 0.682. The van der Waals surface area contributed by atoms with E-state index < -0.39 is 0 Å². The van der Waals surface area contributed by atoms with Gasteiger partial charge in [-0.2, -0.15) is 0 Å². The first kappa shape index (κ1) is 63.0. The lowest BCUT2D eigenvalue weighted by molar-refractivity contribution is 0.304. The average molecular weight is 1040 g/mol. The number of nitrogens with zero attached hydrogens (tertiary/aromatic N) is 3. The largest absolute Gasteiger partial charge is 0.494 e. The minimum atomic E-state index is -0.0471. The summed E-state index contributed by atoms with van der Waals surface area (Å²) < 4.78 is 18.6. The molecule has 75 heavy (non-hydrogen) atoms. The van der Waals surface area contributed by atoms with Crippen molar-refractivity contribution < 1.29 is 14.2 Å². The summed E-state index contributed by atoms with van der Waals surface area (Å²) in [5.74, 6) is 2.12. The molecule has 1 saturated heterocycles. The zero-order valence-corrected chi connectivity index (χ0v) is 47.9. The highest BCUT2D eigenvalue weighted by atomic mass is 16.5.